The van der Waals surface area contributed by atoms with Gasteiger partial charge >= 0.3 is 5.97 Å². The van der Waals surface area contributed by atoms with Gasteiger partial charge in [0.15, 0.2) is 0 Å². The van der Waals surface area contributed by atoms with Gasteiger partial charge in [-0.1, -0.05) is 48.5 Å². The van der Waals surface area contributed by atoms with E-state index in [1.54, 1.807) is 6.07 Å². The van der Waals surface area contributed by atoms with Crippen LogP contribution in [0.1, 0.15) is 27.3 Å². The number of nitriles is 1. The Bertz CT molecular complexity index is 1250. The Balaban J connectivity index is 1.72. The molecule has 0 spiro atoms. The molecule has 0 N–H and O–H groups in total. The quantitative estimate of drug-likeness (QED) is 0.480. The number of para-hydroxylation sites is 1. The van der Waals surface area contributed by atoms with Crippen LogP contribution < -0.4 is 0 Å². The number of ether oxygens (including phenoxy) is 1. The SMILES string of the molecule is COC(=O)c1cccc2nc(C)n(Cc3ccc(-c4ccccc4C#N)cc3)c12. The van der Waals surface area contributed by atoms with Gasteiger partial charge in [-0.25, -0.2) is 9.78 Å². The topological polar surface area (TPSA) is 67.9 Å². The zero-order chi connectivity index (χ0) is 20.4. The van der Waals surface area contributed by atoms with Gasteiger partial charge in [-0.2, -0.15) is 5.26 Å². The molecule has 0 aliphatic carbocycles. The summed E-state index contributed by atoms with van der Waals surface area (Å²) < 4.78 is 6.97. The van der Waals surface area contributed by atoms with Crippen LogP contribution in [0.2, 0.25) is 0 Å². The number of fused-ring (bicyclic) bond motifs is 1. The summed E-state index contributed by atoms with van der Waals surface area (Å²) in [4.78, 5) is 16.8. The highest BCUT2D eigenvalue weighted by Crippen LogP contribution is 2.26. The van der Waals surface area contributed by atoms with Gasteiger partial charge in [0.25, 0.3) is 0 Å². The lowest BCUT2D eigenvalue weighted by Crippen LogP contribution is -2.08. The van der Waals surface area contributed by atoms with E-state index in [0.29, 0.717) is 17.7 Å². The third-order valence-corrected chi connectivity index (χ3v) is 5.02. The molecule has 0 unspecified atom stereocenters. The fraction of sp³-hybridized carbons (Fsp3) is 0.125. The van der Waals surface area contributed by atoms with Gasteiger partial charge in [0, 0.05) is 6.54 Å². The minimum atomic E-state index is -0.375. The summed E-state index contributed by atoms with van der Waals surface area (Å²) in [5, 5.41) is 9.33. The highest BCUT2D eigenvalue weighted by atomic mass is 16.5. The van der Waals surface area contributed by atoms with Gasteiger partial charge in [-0.3, -0.25) is 0 Å². The first kappa shape index (κ1) is 18.5. The van der Waals surface area contributed by atoms with Crippen molar-refractivity contribution in [3.8, 4) is 17.2 Å². The Morgan fingerprint density at radius 3 is 2.55 bits per heavy atom. The summed E-state index contributed by atoms with van der Waals surface area (Å²) in [7, 11) is 1.38. The van der Waals surface area contributed by atoms with E-state index < -0.39 is 0 Å². The molecule has 0 saturated heterocycles. The highest BCUT2D eigenvalue weighted by Gasteiger charge is 2.17. The summed E-state index contributed by atoms with van der Waals surface area (Å²) in [5.74, 6) is 0.454. The van der Waals surface area contributed by atoms with Crippen molar-refractivity contribution in [2.24, 2.45) is 0 Å². The van der Waals surface area contributed by atoms with Crippen molar-refractivity contribution in [2.75, 3.05) is 7.11 Å². The molecule has 0 saturated carbocycles. The van der Waals surface area contributed by atoms with Crippen LogP contribution in [0, 0.1) is 18.3 Å². The molecule has 0 bridgehead atoms. The molecule has 29 heavy (non-hydrogen) atoms. The van der Waals surface area contributed by atoms with Crippen LogP contribution in [0.25, 0.3) is 22.2 Å². The molecule has 3 aromatic carbocycles. The van der Waals surface area contributed by atoms with E-state index in [1.807, 2.05) is 72.2 Å². The van der Waals surface area contributed by atoms with Crippen molar-refractivity contribution in [3.63, 3.8) is 0 Å². The lowest BCUT2D eigenvalue weighted by atomic mass is 9.99. The van der Waals surface area contributed by atoms with Crippen molar-refractivity contribution in [1.29, 1.82) is 5.26 Å². The van der Waals surface area contributed by atoms with Crippen molar-refractivity contribution >= 4 is 17.0 Å². The molecule has 5 nitrogen and oxygen atoms in total. The van der Waals surface area contributed by atoms with Crippen LogP contribution in [0.15, 0.2) is 66.7 Å². The van der Waals surface area contributed by atoms with Crippen LogP contribution in [-0.4, -0.2) is 22.6 Å². The molecule has 0 fully saturated rings. The van der Waals surface area contributed by atoms with Gasteiger partial charge in [0.2, 0.25) is 0 Å². The Kier molecular flexibility index (Phi) is 4.84. The molecule has 4 aromatic rings. The minimum absolute atomic E-state index is 0.375. The maximum Gasteiger partial charge on any atom is 0.340 e. The molecular weight excluding hydrogens is 362 g/mol. The summed E-state index contributed by atoms with van der Waals surface area (Å²) in [6.45, 7) is 2.51. The first-order chi connectivity index (χ1) is 14.1. The average molecular weight is 381 g/mol. The van der Waals surface area contributed by atoms with Crippen LogP contribution in [-0.2, 0) is 11.3 Å². The normalized spacial score (nSPS) is 10.7. The molecule has 1 heterocycles. The Morgan fingerprint density at radius 2 is 1.83 bits per heavy atom. The largest absolute Gasteiger partial charge is 0.465 e. The number of nitrogens with zero attached hydrogens (tertiary/aromatic N) is 3. The molecule has 0 amide bonds. The summed E-state index contributed by atoms with van der Waals surface area (Å²) in [5.41, 5.74) is 5.68. The lowest BCUT2D eigenvalue weighted by molar-refractivity contribution is 0.0602. The number of hydrogen-bond donors (Lipinski definition) is 0. The standard InChI is InChI=1S/C24H19N3O2/c1-16-26-22-9-5-8-21(24(28)29-2)23(22)27(16)15-17-10-12-18(13-11-17)20-7-4-3-6-19(20)14-25/h3-13H,15H2,1-2H3. The Labute approximate surface area is 168 Å². The van der Waals surface area contributed by atoms with Crippen molar-refractivity contribution < 1.29 is 9.53 Å². The highest BCUT2D eigenvalue weighted by molar-refractivity contribution is 6.02. The molecule has 5 heteroatoms. The first-order valence-electron chi connectivity index (χ1n) is 9.25. The van der Waals surface area contributed by atoms with Crippen molar-refractivity contribution in [1.82, 2.24) is 9.55 Å². The van der Waals surface area contributed by atoms with Crippen LogP contribution >= 0.6 is 0 Å². The molecule has 0 atom stereocenters. The maximum atomic E-state index is 12.2. The van der Waals surface area contributed by atoms with E-state index in [4.69, 9.17) is 4.74 Å². The molecule has 0 aliphatic rings. The van der Waals surface area contributed by atoms with Gasteiger partial charge in [-0.15, -0.1) is 0 Å². The number of methoxy groups -OCH3 is 1. The number of rotatable bonds is 4. The Hall–Kier alpha value is -3.91. The summed E-state index contributed by atoms with van der Waals surface area (Å²) in [6, 6.07) is 23.4. The predicted octanol–water partition coefficient (Wildman–Crippen LogP) is 4.72. The number of esters is 1. The average Bonchev–Trinajstić information content (AvgIpc) is 3.08. The number of hydrogen-bond acceptors (Lipinski definition) is 4. The van der Waals surface area contributed by atoms with Crippen LogP contribution in [0.5, 0.6) is 0 Å². The number of aryl methyl sites for hydroxylation is 1. The van der Waals surface area contributed by atoms with E-state index in [9.17, 15) is 10.1 Å². The third-order valence-electron chi connectivity index (χ3n) is 5.02. The molecular formula is C24H19N3O2. The molecule has 0 aliphatic heterocycles. The number of benzene rings is 3. The first-order valence-corrected chi connectivity index (χ1v) is 9.25. The van der Waals surface area contributed by atoms with Gasteiger partial charge in [0.05, 0.1) is 35.3 Å². The third kappa shape index (κ3) is 3.37. The number of imidazole rings is 1. The zero-order valence-electron chi connectivity index (χ0n) is 16.2. The second kappa shape index (κ2) is 7.61. The number of carbonyl (C=O) groups is 1. The van der Waals surface area contributed by atoms with Crippen LogP contribution in [0.3, 0.4) is 0 Å². The maximum absolute atomic E-state index is 12.2. The van der Waals surface area contributed by atoms with E-state index in [-0.39, 0.29) is 5.97 Å². The smallest absolute Gasteiger partial charge is 0.340 e. The van der Waals surface area contributed by atoms with E-state index in [0.717, 1.165) is 33.5 Å². The fourth-order valence-electron chi connectivity index (χ4n) is 3.57. The monoisotopic (exact) mass is 381 g/mol. The molecule has 0 radical (unpaired) electrons. The van der Waals surface area contributed by atoms with E-state index in [2.05, 4.69) is 11.1 Å². The van der Waals surface area contributed by atoms with Gasteiger partial charge in [-0.05, 0) is 41.8 Å². The van der Waals surface area contributed by atoms with E-state index >= 15 is 0 Å². The van der Waals surface area contributed by atoms with Crippen LogP contribution in [0.4, 0.5) is 0 Å². The van der Waals surface area contributed by atoms with Crippen molar-refractivity contribution in [3.05, 3.63) is 89.2 Å². The summed E-state index contributed by atoms with van der Waals surface area (Å²) in [6.07, 6.45) is 0. The van der Waals surface area contributed by atoms with Gasteiger partial charge in [0.1, 0.15) is 5.82 Å². The molecule has 142 valence electrons. The predicted molar refractivity (Wildman–Crippen MR) is 112 cm³/mol. The Morgan fingerprint density at radius 1 is 1.07 bits per heavy atom. The fourth-order valence-corrected chi connectivity index (χ4v) is 3.57. The lowest BCUT2D eigenvalue weighted by Gasteiger charge is -2.11. The second-order valence-corrected chi connectivity index (χ2v) is 6.76. The van der Waals surface area contributed by atoms with Crippen molar-refractivity contribution in [2.45, 2.75) is 13.5 Å². The summed E-state index contributed by atoms with van der Waals surface area (Å²) >= 11 is 0. The molecule has 1 aromatic heterocycles. The minimum Gasteiger partial charge on any atom is -0.465 e. The van der Waals surface area contributed by atoms with Gasteiger partial charge < -0.3 is 9.30 Å². The molecule has 4 rings (SSSR count). The zero-order valence-corrected chi connectivity index (χ0v) is 16.2. The van der Waals surface area contributed by atoms with E-state index in [1.165, 1.54) is 7.11 Å². The number of aromatic nitrogens is 2. The number of carbonyl (C=O) groups excluding carboxylic acids is 1. The second-order valence-electron chi connectivity index (χ2n) is 6.76.